The molecule has 0 bridgehead atoms. The summed E-state index contributed by atoms with van der Waals surface area (Å²) in [6.45, 7) is 3.42. The summed E-state index contributed by atoms with van der Waals surface area (Å²) in [5, 5.41) is 5.06. The summed E-state index contributed by atoms with van der Waals surface area (Å²) in [5.41, 5.74) is 0.556. The van der Waals surface area contributed by atoms with Gasteiger partial charge in [0, 0.05) is 18.3 Å². The van der Waals surface area contributed by atoms with Crippen LogP contribution in [0, 0.1) is 11.3 Å². The smallest absolute Gasteiger partial charge is 0.156 e. The standard InChI is InChI=1S/C18H32N2S/c1-2-16(15-9-5-3-6-10-15)20-17-19-13-18(14-21-17)11-7-4-8-12-18/h15-16H,2-14H2,1H3,(H,19,20). The molecule has 0 saturated heterocycles. The summed E-state index contributed by atoms with van der Waals surface area (Å²) in [5.74, 6) is 2.19. The largest absolute Gasteiger partial charge is 0.362 e. The number of nitrogens with zero attached hydrogens (tertiary/aromatic N) is 1. The van der Waals surface area contributed by atoms with Gasteiger partial charge in [-0.25, -0.2) is 0 Å². The van der Waals surface area contributed by atoms with E-state index in [1.165, 1.54) is 81.5 Å². The molecule has 120 valence electrons. The quantitative estimate of drug-likeness (QED) is 0.794. The molecule has 1 unspecified atom stereocenters. The third-order valence-electron chi connectivity index (χ3n) is 5.95. The van der Waals surface area contributed by atoms with E-state index in [2.05, 4.69) is 12.2 Å². The molecule has 1 heterocycles. The first-order valence-corrected chi connectivity index (χ1v) is 10.2. The molecule has 3 rings (SSSR count). The second kappa shape index (κ2) is 7.39. The molecule has 0 aromatic rings. The van der Waals surface area contributed by atoms with E-state index < -0.39 is 0 Å². The molecular weight excluding hydrogens is 276 g/mol. The van der Waals surface area contributed by atoms with Crippen molar-refractivity contribution < 1.29 is 0 Å². The summed E-state index contributed by atoms with van der Waals surface area (Å²) in [4.78, 5) is 4.96. The number of hydrogen-bond acceptors (Lipinski definition) is 3. The van der Waals surface area contributed by atoms with Crippen LogP contribution in [0.4, 0.5) is 0 Å². The molecule has 3 heteroatoms. The van der Waals surface area contributed by atoms with Gasteiger partial charge in [-0.05, 0) is 43.4 Å². The van der Waals surface area contributed by atoms with E-state index in [0.29, 0.717) is 11.5 Å². The molecule has 2 nitrogen and oxygen atoms in total. The van der Waals surface area contributed by atoms with Gasteiger partial charge in [-0.2, -0.15) is 0 Å². The van der Waals surface area contributed by atoms with Gasteiger partial charge in [-0.1, -0.05) is 57.2 Å². The Balaban J connectivity index is 1.54. The van der Waals surface area contributed by atoms with Crippen LogP contribution in [0.25, 0.3) is 0 Å². The topological polar surface area (TPSA) is 24.4 Å². The number of nitrogens with one attached hydrogen (secondary N) is 1. The number of hydrogen-bond donors (Lipinski definition) is 1. The summed E-state index contributed by atoms with van der Waals surface area (Å²) in [6.07, 6.45) is 15.5. The van der Waals surface area contributed by atoms with Crippen molar-refractivity contribution >= 4 is 16.9 Å². The lowest BCUT2D eigenvalue weighted by Crippen LogP contribution is -2.43. The van der Waals surface area contributed by atoms with Crippen molar-refractivity contribution in [1.82, 2.24) is 5.32 Å². The van der Waals surface area contributed by atoms with Crippen LogP contribution in [0.1, 0.15) is 77.6 Å². The first kappa shape index (κ1) is 15.7. The van der Waals surface area contributed by atoms with E-state index in [0.717, 1.165) is 12.5 Å². The first-order chi connectivity index (χ1) is 10.3. The zero-order valence-electron chi connectivity index (χ0n) is 13.7. The van der Waals surface area contributed by atoms with Crippen LogP contribution in [0.15, 0.2) is 4.99 Å². The zero-order chi connectivity index (χ0) is 14.5. The molecule has 1 spiro atoms. The van der Waals surface area contributed by atoms with Crippen molar-refractivity contribution in [3.05, 3.63) is 0 Å². The fraction of sp³-hybridized carbons (Fsp3) is 0.944. The lowest BCUT2D eigenvalue weighted by molar-refractivity contribution is 0.231. The van der Waals surface area contributed by atoms with Crippen molar-refractivity contribution in [2.24, 2.45) is 16.3 Å². The highest BCUT2D eigenvalue weighted by Gasteiger charge is 2.35. The summed E-state index contributed by atoms with van der Waals surface area (Å²) < 4.78 is 0. The van der Waals surface area contributed by atoms with Gasteiger partial charge >= 0.3 is 0 Å². The van der Waals surface area contributed by atoms with Crippen LogP contribution < -0.4 is 5.32 Å². The third kappa shape index (κ3) is 3.97. The number of thioether (sulfide) groups is 1. The predicted octanol–water partition coefficient (Wildman–Crippen LogP) is 4.99. The summed E-state index contributed by atoms with van der Waals surface area (Å²) in [6, 6.07) is 0.664. The van der Waals surface area contributed by atoms with Crippen molar-refractivity contribution in [3.63, 3.8) is 0 Å². The Hall–Kier alpha value is -0.180. The predicted molar refractivity (Wildman–Crippen MR) is 94.1 cm³/mol. The van der Waals surface area contributed by atoms with E-state index in [1.54, 1.807) is 0 Å². The Labute approximate surface area is 134 Å². The SMILES string of the molecule is CCC(NC1=NCC2(CCCCC2)CS1)C1CCCCC1. The van der Waals surface area contributed by atoms with Gasteiger partial charge in [0.1, 0.15) is 0 Å². The van der Waals surface area contributed by atoms with Crippen LogP contribution >= 0.6 is 11.8 Å². The summed E-state index contributed by atoms with van der Waals surface area (Å²) in [7, 11) is 0. The molecule has 2 aliphatic carbocycles. The maximum absolute atomic E-state index is 4.96. The minimum Gasteiger partial charge on any atom is -0.362 e. The van der Waals surface area contributed by atoms with Gasteiger partial charge in [0.2, 0.25) is 0 Å². The number of aliphatic imine (C=N–C) groups is 1. The van der Waals surface area contributed by atoms with E-state index in [4.69, 9.17) is 4.99 Å². The molecule has 1 aliphatic heterocycles. The number of rotatable bonds is 3. The van der Waals surface area contributed by atoms with Gasteiger partial charge in [0.15, 0.2) is 5.17 Å². The lowest BCUT2D eigenvalue weighted by atomic mass is 9.75. The van der Waals surface area contributed by atoms with Gasteiger partial charge in [-0.15, -0.1) is 0 Å². The van der Waals surface area contributed by atoms with Crippen LogP contribution in [0.2, 0.25) is 0 Å². The van der Waals surface area contributed by atoms with E-state index in [1.807, 2.05) is 11.8 Å². The minimum atomic E-state index is 0.556. The molecule has 1 N–H and O–H groups in total. The van der Waals surface area contributed by atoms with Crippen molar-refractivity contribution in [2.75, 3.05) is 12.3 Å². The monoisotopic (exact) mass is 308 g/mol. The highest BCUT2D eigenvalue weighted by atomic mass is 32.2. The molecule has 1 atom stereocenters. The second-order valence-corrected chi connectivity index (χ2v) is 8.49. The highest BCUT2D eigenvalue weighted by Crippen LogP contribution is 2.41. The molecule has 0 aromatic carbocycles. The third-order valence-corrected chi connectivity index (χ3v) is 7.23. The fourth-order valence-electron chi connectivity index (χ4n) is 4.49. The van der Waals surface area contributed by atoms with Crippen molar-refractivity contribution in [1.29, 1.82) is 0 Å². The fourth-order valence-corrected chi connectivity index (χ4v) is 5.71. The maximum atomic E-state index is 4.96. The molecule has 0 amide bonds. The van der Waals surface area contributed by atoms with Crippen molar-refractivity contribution in [2.45, 2.75) is 83.6 Å². The second-order valence-electron chi connectivity index (χ2n) is 7.53. The minimum absolute atomic E-state index is 0.556. The Bertz CT molecular complexity index is 354. The molecule has 21 heavy (non-hydrogen) atoms. The van der Waals surface area contributed by atoms with Gasteiger partial charge in [0.25, 0.3) is 0 Å². The maximum Gasteiger partial charge on any atom is 0.156 e. The Kier molecular flexibility index (Phi) is 5.53. The molecule has 2 saturated carbocycles. The summed E-state index contributed by atoms with van der Waals surface area (Å²) >= 11 is 2.02. The van der Waals surface area contributed by atoms with Crippen LogP contribution in [0.3, 0.4) is 0 Å². The highest BCUT2D eigenvalue weighted by molar-refractivity contribution is 8.13. The number of amidine groups is 1. The Morgan fingerprint density at radius 2 is 1.86 bits per heavy atom. The van der Waals surface area contributed by atoms with Gasteiger partial charge < -0.3 is 5.32 Å². The van der Waals surface area contributed by atoms with Crippen molar-refractivity contribution in [3.8, 4) is 0 Å². The zero-order valence-corrected chi connectivity index (χ0v) is 14.5. The van der Waals surface area contributed by atoms with E-state index >= 15 is 0 Å². The lowest BCUT2D eigenvalue weighted by Gasteiger charge is -2.39. The van der Waals surface area contributed by atoms with Crippen LogP contribution in [-0.2, 0) is 0 Å². The van der Waals surface area contributed by atoms with E-state index in [9.17, 15) is 0 Å². The molecule has 0 aromatic heterocycles. The van der Waals surface area contributed by atoms with Gasteiger partial charge in [-0.3, -0.25) is 4.99 Å². The molecule has 3 aliphatic rings. The van der Waals surface area contributed by atoms with E-state index in [-0.39, 0.29) is 0 Å². The molecule has 0 radical (unpaired) electrons. The molecular formula is C18H32N2S. The average Bonchev–Trinajstić information content (AvgIpc) is 2.56. The van der Waals surface area contributed by atoms with Crippen LogP contribution in [-0.4, -0.2) is 23.5 Å². The van der Waals surface area contributed by atoms with Crippen LogP contribution in [0.5, 0.6) is 0 Å². The Morgan fingerprint density at radius 1 is 1.14 bits per heavy atom. The normalized spacial score (nSPS) is 28.1. The first-order valence-electron chi connectivity index (χ1n) is 9.25. The van der Waals surface area contributed by atoms with Gasteiger partial charge in [0.05, 0.1) is 0 Å². The molecule has 2 fully saturated rings. The average molecular weight is 309 g/mol. The Morgan fingerprint density at radius 3 is 2.48 bits per heavy atom.